The average molecular weight is 235 g/mol. The van der Waals surface area contributed by atoms with Gasteiger partial charge in [0.05, 0.1) is 6.10 Å². The topological polar surface area (TPSA) is 21.3 Å². The quantitative estimate of drug-likeness (QED) is 0.807. The summed E-state index contributed by atoms with van der Waals surface area (Å²) in [6.45, 7) is 10.7. The molecule has 96 valence electrons. The monoisotopic (exact) mass is 235 g/mol. The summed E-state index contributed by atoms with van der Waals surface area (Å²) in [6.07, 6.45) is 1.35. The van der Waals surface area contributed by atoms with Crippen molar-refractivity contribution in [2.75, 3.05) is 0 Å². The molecule has 2 heteroatoms. The van der Waals surface area contributed by atoms with Crippen LogP contribution in [0.1, 0.15) is 52.6 Å². The first kappa shape index (κ1) is 14.0. The van der Waals surface area contributed by atoms with Crippen molar-refractivity contribution in [2.24, 2.45) is 0 Å². The second-order valence-electron chi connectivity index (χ2n) is 4.90. The number of benzene rings is 1. The lowest BCUT2D eigenvalue weighted by Crippen LogP contribution is -2.28. The van der Waals surface area contributed by atoms with Crippen LogP contribution in [0, 0.1) is 0 Å². The van der Waals surface area contributed by atoms with Gasteiger partial charge in [-0.25, -0.2) is 0 Å². The minimum absolute atomic E-state index is 0.215. The molecular weight excluding hydrogens is 210 g/mol. The molecule has 0 aliphatic rings. The molecule has 0 aromatic heterocycles. The van der Waals surface area contributed by atoms with Gasteiger partial charge in [0.25, 0.3) is 0 Å². The molecule has 2 nitrogen and oxygen atoms in total. The maximum Gasteiger partial charge on any atom is 0.124 e. The van der Waals surface area contributed by atoms with Crippen molar-refractivity contribution in [3.63, 3.8) is 0 Å². The maximum absolute atomic E-state index is 5.84. The summed E-state index contributed by atoms with van der Waals surface area (Å²) in [6, 6.07) is 9.12. The van der Waals surface area contributed by atoms with Crippen LogP contribution in [0.5, 0.6) is 5.75 Å². The molecule has 0 radical (unpaired) electrons. The standard InChI is InChI=1S/C15H25NO/c1-6-12(4)16-13(5)14-9-7-8-10-15(14)17-11(2)3/h7-13,16H,6H2,1-5H3/t12-,13+/m0/s1. The van der Waals surface area contributed by atoms with E-state index in [2.05, 4.69) is 52.1 Å². The van der Waals surface area contributed by atoms with Gasteiger partial charge in [0, 0.05) is 17.6 Å². The van der Waals surface area contributed by atoms with E-state index in [-0.39, 0.29) is 6.10 Å². The minimum atomic E-state index is 0.215. The van der Waals surface area contributed by atoms with E-state index < -0.39 is 0 Å². The van der Waals surface area contributed by atoms with Crippen LogP contribution >= 0.6 is 0 Å². The largest absolute Gasteiger partial charge is 0.491 e. The van der Waals surface area contributed by atoms with Gasteiger partial charge < -0.3 is 10.1 Å². The SMILES string of the molecule is CC[C@H](C)N[C@H](C)c1ccccc1OC(C)C. The van der Waals surface area contributed by atoms with Crippen molar-refractivity contribution in [1.29, 1.82) is 0 Å². The van der Waals surface area contributed by atoms with Crippen LogP contribution in [0.4, 0.5) is 0 Å². The highest BCUT2D eigenvalue weighted by molar-refractivity contribution is 5.35. The molecule has 17 heavy (non-hydrogen) atoms. The van der Waals surface area contributed by atoms with Gasteiger partial charge >= 0.3 is 0 Å². The third-order valence-corrected chi connectivity index (χ3v) is 2.90. The molecule has 0 saturated carbocycles. The molecule has 0 aliphatic heterocycles. The fourth-order valence-corrected chi connectivity index (χ4v) is 1.83. The minimum Gasteiger partial charge on any atom is -0.491 e. The van der Waals surface area contributed by atoms with Crippen LogP contribution in [0.25, 0.3) is 0 Å². The molecular formula is C15H25NO. The summed E-state index contributed by atoms with van der Waals surface area (Å²) in [5.74, 6) is 0.991. The van der Waals surface area contributed by atoms with E-state index in [0.717, 1.165) is 12.2 Å². The zero-order chi connectivity index (χ0) is 12.8. The Kier molecular flexibility index (Phi) is 5.49. The normalized spacial score (nSPS) is 14.7. The van der Waals surface area contributed by atoms with Gasteiger partial charge in [-0.2, -0.15) is 0 Å². The predicted molar refractivity (Wildman–Crippen MR) is 73.5 cm³/mol. The Morgan fingerprint density at radius 2 is 1.76 bits per heavy atom. The van der Waals surface area contributed by atoms with E-state index in [1.165, 1.54) is 5.56 Å². The fourth-order valence-electron chi connectivity index (χ4n) is 1.83. The predicted octanol–water partition coefficient (Wildman–Crippen LogP) is 3.92. The molecule has 1 aromatic rings. The lowest BCUT2D eigenvalue weighted by molar-refractivity contribution is 0.237. The summed E-state index contributed by atoms with van der Waals surface area (Å²) in [5, 5.41) is 3.58. The zero-order valence-corrected chi connectivity index (χ0v) is 11.7. The van der Waals surface area contributed by atoms with E-state index in [1.807, 2.05) is 12.1 Å². The van der Waals surface area contributed by atoms with Crippen molar-refractivity contribution < 1.29 is 4.74 Å². The zero-order valence-electron chi connectivity index (χ0n) is 11.7. The van der Waals surface area contributed by atoms with E-state index in [1.54, 1.807) is 0 Å². The number of hydrogen-bond donors (Lipinski definition) is 1. The molecule has 0 spiro atoms. The molecule has 0 bridgehead atoms. The van der Waals surface area contributed by atoms with E-state index in [4.69, 9.17) is 4.74 Å². The van der Waals surface area contributed by atoms with Gasteiger partial charge in [-0.1, -0.05) is 25.1 Å². The van der Waals surface area contributed by atoms with Crippen molar-refractivity contribution in [1.82, 2.24) is 5.32 Å². The summed E-state index contributed by atoms with van der Waals surface area (Å²) in [4.78, 5) is 0. The number of para-hydroxylation sites is 1. The van der Waals surface area contributed by atoms with Crippen molar-refractivity contribution in [3.05, 3.63) is 29.8 Å². The third kappa shape index (κ3) is 4.39. The van der Waals surface area contributed by atoms with Gasteiger partial charge in [0.15, 0.2) is 0 Å². The van der Waals surface area contributed by atoms with E-state index >= 15 is 0 Å². The Morgan fingerprint density at radius 3 is 2.35 bits per heavy atom. The Balaban J connectivity index is 2.81. The van der Waals surface area contributed by atoms with E-state index in [9.17, 15) is 0 Å². The summed E-state index contributed by atoms with van der Waals surface area (Å²) < 4.78 is 5.84. The van der Waals surface area contributed by atoms with Crippen LogP contribution < -0.4 is 10.1 Å². The van der Waals surface area contributed by atoms with Gasteiger partial charge in [-0.05, 0) is 40.2 Å². The van der Waals surface area contributed by atoms with Gasteiger partial charge in [0.2, 0.25) is 0 Å². The Hall–Kier alpha value is -1.02. The molecule has 0 saturated heterocycles. The van der Waals surface area contributed by atoms with Gasteiger partial charge in [-0.15, -0.1) is 0 Å². The Bertz CT molecular complexity index is 335. The molecule has 1 aromatic carbocycles. The molecule has 0 amide bonds. The first-order valence-corrected chi connectivity index (χ1v) is 6.56. The van der Waals surface area contributed by atoms with Crippen LogP contribution in [-0.4, -0.2) is 12.1 Å². The first-order chi connectivity index (χ1) is 8.04. The Labute approximate surface area is 105 Å². The summed E-state index contributed by atoms with van der Waals surface area (Å²) in [7, 11) is 0. The summed E-state index contributed by atoms with van der Waals surface area (Å²) in [5.41, 5.74) is 1.24. The van der Waals surface area contributed by atoms with Crippen molar-refractivity contribution >= 4 is 0 Å². The molecule has 0 fully saturated rings. The van der Waals surface area contributed by atoms with Gasteiger partial charge in [-0.3, -0.25) is 0 Å². The molecule has 0 heterocycles. The summed E-state index contributed by atoms with van der Waals surface area (Å²) >= 11 is 0. The van der Waals surface area contributed by atoms with Crippen LogP contribution in [0.3, 0.4) is 0 Å². The second-order valence-corrected chi connectivity index (χ2v) is 4.90. The Morgan fingerprint density at radius 1 is 1.12 bits per heavy atom. The first-order valence-electron chi connectivity index (χ1n) is 6.56. The third-order valence-electron chi connectivity index (χ3n) is 2.90. The fraction of sp³-hybridized carbons (Fsp3) is 0.600. The lowest BCUT2D eigenvalue weighted by atomic mass is 10.1. The highest BCUT2D eigenvalue weighted by Crippen LogP contribution is 2.26. The number of hydrogen-bond acceptors (Lipinski definition) is 2. The maximum atomic E-state index is 5.84. The number of rotatable bonds is 6. The van der Waals surface area contributed by atoms with E-state index in [0.29, 0.717) is 12.1 Å². The molecule has 2 atom stereocenters. The molecule has 1 rings (SSSR count). The van der Waals surface area contributed by atoms with Crippen molar-refractivity contribution in [3.8, 4) is 5.75 Å². The van der Waals surface area contributed by atoms with Crippen LogP contribution in [0.2, 0.25) is 0 Å². The smallest absolute Gasteiger partial charge is 0.124 e. The highest BCUT2D eigenvalue weighted by Gasteiger charge is 2.13. The van der Waals surface area contributed by atoms with Crippen LogP contribution in [-0.2, 0) is 0 Å². The highest BCUT2D eigenvalue weighted by atomic mass is 16.5. The van der Waals surface area contributed by atoms with Gasteiger partial charge in [0.1, 0.15) is 5.75 Å². The number of ether oxygens (including phenoxy) is 1. The average Bonchev–Trinajstić information content (AvgIpc) is 2.28. The number of nitrogens with one attached hydrogen (secondary N) is 1. The van der Waals surface area contributed by atoms with Crippen molar-refractivity contribution in [2.45, 2.75) is 59.2 Å². The molecule has 1 N–H and O–H groups in total. The molecule has 0 unspecified atom stereocenters. The van der Waals surface area contributed by atoms with Crippen LogP contribution in [0.15, 0.2) is 24.3 Å². The molecule has 0 aliphatic carbocycles. The lowest BCUT2D eigenvalue weighted by Gasteiger charge is -2.22. The second kappa shape index (κ2) is 6.65.